The summed E-state index contributed by atoms with van der Waals surface area (Å²) in [6.45, 7) is 8.29. The number of hydrogen-bond acceptors (Lipinski definition) is 2. The first kappa shape index (κ1) is 15.0. The Morgan fingerprint density at radius 2 is 1.88 bits per heavy atom. The molecule has 0 radical (unpaired) electrons. The van der Waals surface area contributed by atoms with E-state index in [-0.39, 0.29) is 0 Å². The molecule has 1 fully saturated rings. The van der Waals surface area contributed by atoms with Crippen LogP contribution in [0.5, 0.6) is 0 Å². The van der Waals surface area contributed by atoms with Crippen molar-refractivity contribution in [1.82, 2.24) is 4.90 Å². The average molecular weight is 240 g/mol. The lowest BCUT2D eigenvalue weighted by atomic mass is 9.92. The molecular weight excluding hydrogens is 208 g/mol. The summed E-state index contributed by atoms with van der Waals surface area (Å²) in [6.07, 6.45) is 11.1. The van der Waals surface area contributed by atoms with Crippen molar-refractivity contribution in [3.8, 4) is 0 Å². The molecule has 2 heteroatoms. The Morgan fingerprint density at radius 3 is 2.59 bits per heavy atom. The van der Waals surface area contributed by atoms with Gasteiger partial charge in [-0.3, -0.25) is 0 Å². The van der Waals surface area contributed by atoms with E-state index in [0.29, 0.717) is 6.04 Å². The van der Waals surface area contributed by atoms with Gasteiger partial charge in [-0.1, -0.05) is 39.0 Å². The maximum Gasteiger partial charge on any atom is 0.00509 e. The van der Waals surface area contributed by atoms with Crippen LogP contribution in [-0.4, -0.2) is 30.6 Å². The van der Waals surface area contributed by atoms with Crippen LogP contribution in [0, 0.1) is 5.92 Å². The fraction of sp³-hybridized carbons (Fsp3) is 1.00. The van der Waals surface area contributed by atoms with Crippen LogP contribution < -0.4 is 5.73 Å². The van der Waals surface area contributed by atoms with Crippen molar-refractivity contribution in [3.05, 3.63) is 0 Å². The number of nitrogens with two attached hydrogens (primary N) is 1. The Balaban J connectivity index is 2.02. The summed E-state index contributed by atoms with van der Waals surface area (Å²) < 4.78 is 0. The SMILES string of the molecule is CCCCCCCCN1CCCC(C(C)N)C1. The van der Waals surface area contributed by atoms with E-state index in [2.05, 4.69) is 18.7 Å². The van der Waals surface area contributed by atoms with E-state index in [0.717, 1.165) is 5.92 Å². The monoisotopic (exact) mass is 240 g/mol. The van der Waals surface area contributed by atoms with Gasteiger partial charge in [-0.15, -0.1) is 0 Å². The summed E-state index contributed by atoms with van der Waals surface area (Å²) >= 11 is 0. The lowest BCUT2D eigenvalue weighted by molar-refractivity contribution is 0.158. The summed E-state index contributed by atoms with van der Waals surface area (Å²) in [6, 6.07) is 0.377. The molecule has 0 spiro atoms. The van der Waals surface area contributed by atoms with E-state index >= 15 is 0 Å². The molecule has 1 saturated heterocycles. The lowest BCUT2D eigenvalue weighted by Crippen LogP contribution is -2.42. The lowest BCUT2D eigenvalue weighted by Gasteiger charge is -2.34. The minimum absolute atomic E-state index is 0.377. The van der Waals surface area contributed by atoms with Crippen LogP contribution >= 0.6 is 0 Å². The van der Waals surface area contributed by atoms with Crippen molar-refractivity contribution in [2.45, 2.75) is 71.3 Å². The molecule has 1 heterocycles. The Bertz CT molecular complexity index is 180. The van der Waals surface area contributed by atoms with Gasteiger partial charge in [-0.05, 0) is 45.2 Å². The summed E-state index contributed by atoms with van der Waals surface area (Å²) in [5.41, 5.74) is 6.01. The van der Waals surface area contributed by atoms with E-state index in [1.54, 1.807) is 0 Å². The van der Waals surface area contributed by atoms with Crippen LogP contribution in [0.1, 0.15) is 65.2 Å². The highest BCUT2D eigenvalue weighted by atomic mass is 15.1. The molecular formula is C15H32N2. The summed E-state index contributed by atoms with van der Waals surface area (Å²) in [4.78, 5) is 2.64. The maximum absolute atomic E-state index is 6.01. The Hall–Kier alpha value is -0.0800. The standard InChI is InChI=1S/C15H32N2/c1-3-4-5-6-7-8-11-17-12-9-10-15(13-17)14(2)16/h14-15H,3-13,16H2,1-2H3. The molecule has 0 aromatic carbocycles. The van der Waals surface area contributed by atoms with Crippen molar-refractivity contribution >= 4 is 0 Å². The van der Waals surface area contributed by atoms with Gasteiger partial charge >= 0.3 is 0 Å². The van der Waals surface area contributed by atoms with Crippen molar-refractivity contribution in [2.24, 2.45) is 11.7 Å². The molecule has 0 aromatic rings. The second kappa shape index (κ2) is 8.93. The Morgan fingerprint density at radius 1 is 1.18 bits per heavy atom. The molecule has 1 aliphatic rings. The largest absolute Gasteiger partial charge is 0.328 e. The molecule has 0 bridgehead atoms. The maximum atomic E-state index is 6.01. The first-order chi connectivity index (χ1) is 8.24. The zero-order valence-corrected chi connectivity index (χ0v) is 12.0. The van der Waals surface area contributed by atoms with Gasteiger partial charge in [0, 0.05) is 12.6 Å². The predicted octanol–water partition coefficient (Wildman–Crippen LogP) is 3.41. The average Bonchev–Trinajstić information content (AvgIpc) is 2.34. The molecule has 0 amide bonds. The highest BCUT2D eigenvalue weighted by Crippen LogP contribution is 2.19. The highest BCUT2D eigenvalue weighted by Gasteiger charge is 2.21. The van der Waals surface area contributed by atoms with Gasteiger partial charge in [0.05, 0.1) is 0 Å². The number of nitrogens with zero attached hydrogens (tertiary/aromatic N) is 1. The molecule has 2 unspecified atom stereocenters. The van der Waals surface area contributed by atoms with E-state index in [1.807, 2.05) is 0 Å². The third-order valence-corrected chi connectivity index (χ3v) is 4.11. The number of unbranched alkanes of at least 4 members (excludes halogenated alkanes) is 5. The van der Waals surface area contributed by atoms with E-state index in [9.17, 15) is 0 Å². The molecule has 1 rings (SSSR count). The molecule has 2 N–H and O–H groups in total. The summed E-state index contributed by atoms with van der Waals surface area (Å²) in [5.74, 6) is 0.740. The van der Waals surface area contributed by atoms with Crippen LogP contribution in [0.3, 0.4) is 0 Å². The van der Waals surface area contributed by atoms with Crippen LogP contribution in [-0.2, 0) is 0 Å². The third kappa shape index (κ3) is 6.42. The van der Waals surface area contributed by atoms with Crippen LogP contribution in [0.4, 0.5) is 0 Å². The second-order valence-corrected chi connectivity index (χ2v) is 5.83. The van der Waals surface area contributed by atoms with Crippen molar-refractivity contribution < 1.29 is 0 Å². The molecule has 1 aliphatic heterocycles. The quantitative estimate of drug-likeness (QED) is 0.659. The zero-order valence-electron chi connectivity index (χ0n) is 12.0. The molecule has 0 saturated carbocycles. The van der Waals surface area contributed by atoms with Gasteiger partial charge in [0.2, 0.25) is 0 Å². The van der Waals surface area contributed by atoms with Gasteiger partial charge in [-0.2, -0.15) is 0 Å². The summed E-state index contributed by atoms with van der Waals surface area (Å²) in [5, 5.41) is 0. The van der Waals surface area contributed by atoms with Crippen LogP contribution in [0.25, 0.3) is 0 Å². The Kier molecular flexibility index (Phi) is 7.87. The highest BCUT2D eigenvalue weighted by molar-refractivity contribution is 4.78. The molecule has 0 aromatic heterocycles. The van der Waals surface area contributed by atoms with Crippen LogP contribution in [0.15, 0.2) is 0 Å². The topological polar surface area (TPSA) is 29.3 Å². The Labute approximate surface area is 108 Å². The van der Waals surface area contributed by atoms with E-state index < -0.39 is 0 Å². The molecule has 17 heavy (non-hydrogen) atoms. The first-order valence-electron chi connectivity index (χ1n) is 7.72. The van der Waals surface area contributed by atoms with Gasteiger partial charge in [0.15, 0.2) is 0 Å². The normalized spacial score (nSPS) is 23.8. The van der Waals surface area contributed by atoms with Gasteiger partial charge in [-0.25, -0.2) is 0 Å². The number of rotatable bonds is 8. The van der Waals surface area contributed by atoms with Crippen molar-refractivity contribution in [1.29, 1.82) is 0 Å². The number of piperidine rings is 1. The fourth-order valence-corrected chi connectivity index (χ4v) is 2.84. The zero-order chi connectivity index (χ0) is 12.5. The van der Waals surface area contributed by atoms with Gasteiger partial charge in [0.1, 0.15) is 0 Å². The first-order valence-corrected chi connectivity index (χ1v) is 7.72. The van der Waals surface area contributed by atoms with Gasteiger partial charge < -0.3 is 10.6 Å². The summed E-state index contributed by atoms with van der Waals surface area (Å²) in [7, 11) is 0. The molecule has 2 nitrogen and oxygen atoms in total. The third-order valence-electron chi connectivity index (χ3n) is 4.11. The minimum Gasteiger partial charge on any atom is -0.328 e. The molecule has 2 atom stereocenters. The predicted molar refractivity (Wildman–Crippen MR) is 76.2 cm³/mol. The van der Waals surface area contributed by atoms with Crippen LogP contribution in [0.2, 0.25) is 0 Å². The second-order valence-electron chi connectivity index (χ2n) is 5.83. The molecule has 102 valence electrons. The molecule has 0 aliphatic carbocycles. The number of hydrogen-bond donors (Lipinski definition) is 1. The van der Waals surface area contributed by atoms with E-state index in [1.165, 1.54) is 71.0 Å². The smallest absolute Gasteiger partial charge is 0.00509 e. The van der Waals surface area contributed by atoms with Crippen molar-refractivity contribution in [2.75, 3.05) is 19.6 Å². The van der Waals surface area contributed by atoms with Crippen molar-refractivity contribution in [3.63, 3.8) is 0 Å². The minimum atomic E-state index is 0.377. The van der Waals surface area contributed by atoms with E-state index in [4.69, 9.17) is 5.73 Å². The number of likely N-dealkylation sites (tertiary alicyclic amines) is 1. The van der Waals surface area contributed by atoms with Gasteiger partial charge in [0.25, 0.3) is 0 Å². The fourth-order valence-electron chi connectivity index (χ4n) is 2.84.